The number of amides is 1. The van der Waals surface area contributed by atoms with Gasteiger partial charge < -0.3 is 15.6 Å². The van der Waals surface area contributed by atoms with Gasteiger partial charge in [0, 0.05) is 42.0 Å². The Kier molecular flexibility index (Phi) is 7.94. The Balaban J connectivity index is 1.81. The Labute approximate surface area is 214 Å². The minimum Gasteiger partial charge on any atom is -0.507 e. The molecule has 1 unspecified atom stereocenters. The van der Waals surface area contributed by atoms with Crippen LogP contribution in [0.2, 0.25) is 0 Å². The SMILES string of the molecule is CCc1cccc(CC)c1-c1cc(Oc2ccc(C(N)=O)c(O)c2)c(CN2CCCC(C)C2)c(C)n1. The minimum atomic E-state index is -0.677. The van der Waals surface area contributed by atoms with Gasteiger partial charge >= 0.3 is 0 Å². The number of benzene rings is 2. The molecule has 0 spiro atoms. The number of likely N-dealkylation sites (tertiary alicyclic amines) is 1. The molecule has 4 rings (SSSR count). The van der Waals surface area contributed by atoms with Gasteiger partial charge in [0.15, 0.2) is 0 Å². The number of carbonyl (C=O) groups is 1. The molecular weight excluding hydrogens is 450 g/mol. The summed E-state index contributed by atoms with van der Waals surface area (Å²) < 4.78 is 6.40. The van der Waals surface area contributed by atoms with Crippen LogP contribution in [-0.4, -0.2) is 34.0 Å². The van der Waals surface area contributed by atoms with Gasteiger partial charge in [-0.2, -0.15) is 0 Å². The lowest BCUT2D eigenvalue weighted by molar-refractivity contribution is 0.0997. The van der Waals surface area contributed by atoms with E-state index in [1.165, 1.54) is 41.7 Å². The molecule has 0 radical (unpaired) electrons. The number of aromatic hydroxyl groups is 1. The fourth-order valence-electron chi connectivity index (χ4n) is 5.22. The Hall–Kier alpha value is -3.38. The van der Waals surface area contributed by atoms with Crippen molar-refractivity contribution in [2.75, 3.05) is 13.1 Å². The van der Waals surface area contributed by atoms with E-state index in [4.69, 9.17) is 15.5 Å². The molecule has 1 aliphatic heterocycles. The number of aromatic nitrogens is 1. The van der Waals surface area contributed by atoms with Gasteiger partial charge in [0.2, 0.25) is 0 Å². The van der Waals surface area contributed by atoms with Gasteiger partial charge in [0.1, 0.15) is 17.2 Å². The molecule has 190 valence electrons. The average molecular weight is 488 g/mol. The summed E-state index contributed by atoms with van der Waals surface area (Å²) in [5, 5.41) is 10.3. The largest absolute Gasteiger partial charge is 0.507 e. The number of hydrogen-bond acceptors (Lipinski definition) is 5. The fraction of sp³-hybridized carbons (Fsp3) is 0.400. The van der Waals surface area contributed by atoms with Crippen LogP contribution < -0.4 is 10.5 Å². The zero-order valence-corrected chi connectivity index (χ0v) is 21.8. The summed E-state index contributed by atoms with van der Waals surface area (Å²) in [4.78, 5) is 19.1. The summed E-state index contributed by atoms with van der Waals surface area (Å²) >= 11 is 0. The van der Waals surface area contributed by atoms with Crippen molar-refractivity contribution in [1.29, 1.82) is 0 Å². The summed E-state index contributed by atoms with van der Waals surface area (Å²) in [6, 6.07) is 13.1. The molecule has 1 fully saturated rings. The van der Waals surface area contributed by atoms with E-state index in [9.17, 15) is 9.90 Å². The Bertz CT molecular complexity index is 1230. The van der Waals surface area contributed by atoms with Crippen molar-refractivity contribution in [2.45, 2.75) is 59.9 Å². The number of aryl methyl sites for hydroxylation is 3. The number of ether oxygens (including phenoxy) is 1. The third-order valence-electron chi connectivity index (χ3n) is 7.13. The molecule has 36 heavy (non-hydrogen) atoms. The number of primary amides is 1. The third kappa shape index (κ3) is 5.54. The minimum absolute atomic E-state index is 0.0703. The van der Waals surface area contributed by atoms with Crippen molar-refractivity contribution in [3.05, 3.63) is 70.4 Å². The molecule has 2 heterocycles. The van der Waals surface area contributed by atoms with Gasteiger partial charge in [-0.1, -0.05) is 39.0 Å². The molecule has 6 nitrogen and oxygen atoms in total. The number of phenols is 1. The number of nitrogens with two attached hydrogens (primary N) is 1. The van der Waals surface area contributed by atoms with E-state index in [1.54, 1.807) is 6.07 Å². The maximum Gasteiger partial charge on any atom is 0.252 e. The van der Waals surface area contributed by atoms with Crippen molar-refractivity contribution in [2.24, 2.45) is 11.7 Å². The van der Waals surface area contributed by atoms with E-state index >= 15 is 0 Å². The van der Waals surface area contributed by atoms with E-state index in [-0.39, 0.29) is 11.3 Å². The van der Waals surface area contributed by atoms with Crippen molar-refractivity contribution in [3.63, 3.8) is 0 Å². The van der Waals surface area contributed by atoms with Gasteiger partial charge in [-0.05, 0) is 68.3 Å². The van der Waals surface area contributed by atoms with Crippen LogP contribution in [0.1, 0.15) is 66.4 Å². The van der Waals surface area contributed by atoms with Crippen LogP contribution in [0.25, 0.3) is 11.3 Å². The summed E-state index contributed by atoms with van der Waals surface area (Å²) in [5.41, 5.74) is 12.0. The standard InChI is InChI=1S/C30H37N3O3/c1-5-21-10-7-11-22(6-2)29(21)26-16-28(36-23-12-13-24(30(31)35)27(34)15-23)25(20(4)32-26)18-33-14-8-9-19(3)17-33/h7,10-13,15-16,19,34H,5-6,8-9,14,17-18H2,1-4H3,(H2,31,35). The molecule has 1 amide bonds. The Morgan fingerprint density at radius 3 is 2.50 bits per heavy atom. The molecule has 3 aromatic rings. The average Bonchev–Trinajstić information content (AvgIpc) is 2.85. The molecular formula is C30H37N3O3. The summed E-state index contributed by atoms with van der Waals surface area (Å²) in [6.07, 6.45) is 4.27. The molecule has 6 heteroatoms. The highest BCUT2D eigenvalue weighted by atomic mass is 16.5. The lowest BCUT2D eigenvalue weighted by Gasteiger charge is -2.31. The highest BCUT2D eigenvalue weighted by Gasteiger charge is 2.22. The van der Waals surface area contributed by atoms with Crippen LogP contribution in [0.15, 0.2) is 42.5 Å². The molecule has 1 atom stereocenters. The van der Waals surface area contributed by atoms with Gasteiger partial charge in [-0.3, -0.25) is 14.7 Å². The van der Waals surface area contributed by atoms with E-state index in [0.29, 0.717) is 11.7 Å². The zero-order valence-electron chi connectivity index (χ0n) is 21.8. The quantitative estimate of drug-likeness (QED) is 0.406. The second kappa shape index (κ2) is 11.1. The summed E-state index contributed by atoms with van der Waals surface area (Å²) in [6.45, 7) is 11.5. The Morgan fingerprint density at radius 1 is 1.17 bits per heavy atom. The van der Waals surface area contributed by atoms with Crippen LogP contribution in [0.3, 0.4) is 0 Å². The van der Waals surface area contributed by atoms with Gasteiger partial charge in [0.25, 0.3) is 5.91 Å². The normalized spacial score (nSPS) is 16.2. The number of piperidine rings is 1. The topological polar surface area (TPSA) is 88.7 Å². The third-order valence-corrected chi connectivity index (χ3v) is 7.13. The smallest absolute Gasteiger partial charge is 0.252 e. The summed E-state index contributed by atoms with van der Waals surface area (Å²) in [5.74, 6) is 0.959. The zero-order chi connectivity index (χ0) is 25.8. The molecule has 0 bridgehead atoms. The molecule has 2 aromatic carbocycles. The van der Waals surface area contributed by atoms with Crippen LogP contribution in [0.5, 0.6) is 17.2 Å². The van der Waals surface area contributed by atoms with Gasteiger partial charge in [-0.25, -0.2) is 0 Å². The van der Waals surface area contributed by atoms with E-state index in [2.05, 4.69) is 43.9 Å². The van der Waals surface area contributed by atoms with Gasteiger partial charge in [-0.15, -0.1) is 0 Å². The molecule has 3 N–H and O–H groups in total. The van der Waals surface area contributed by atoms with Crippen LogP contribution in [-0.2, 0) is 19.4 Å². The van der Waals surface area contributed by atoms with E-state index < -0.39 is 5.91 Å². The molecule has 0 saturated carbocycles. The first kappa shape index (κ1) is 25.7. The van der Waals surface area contributed by atoms with Crippen LogP contribution in [0, 0.1) is 12.8 Å². The second-order valence-electron chi connectivity index (χ2n) is 9.86. The van der Waals surface area contributed by atoms with Crippen molar-refractivity contribution in [1.82, 2.24) is 9.88 Å². The number of hydrogen-bond donors (Lipinski definition) is 2. The predicted molar refractivity (Wildman–Crippen MR) is 144 cm³/mol. The number of pyridine rings is 1. The van der Waals surface area contributed by atoms with Gasteiger partial charge in [0.05, 0.1) is 11.3 Å². The first-order chi connectivity index (χ1) is 17.3. The number of rotatable bonds is 8. The molecule has 1 aromatic heterocycles. The van der Waals surface area contributed by atoms with Crippen LogP contribution >= 0.6 is 0 Å². The van der Waals surface area contributed by atoms with Crippen molar-refractivity contribution >= 4 is 5.91 Å². The summed E-state index contributed by atoms with van der Waals surface area (Å²) in [7, 11) is 0. The fourth-order valence-corrected chi connectivity index (χ4v) is 5.22. The molecule has 0 aliphatic carbocycles. The maximum atomic E-state index is 11.6. The van der Waals surface area contributed by atoms with E-state index in [0.717, 1.165) is 55.2 Å². The Morgan fingerprint density at radius 2 is 1.89 bits per heavy atom. The second-order valence-corrected chi connectivity index (χ2v) is 9.86. The molecule has 1 aliphatic rings. The lowest BCUT2D eigenvalue weighted by Crippen LogP contribution is -2.34. The predicted octanol–water partition coefficient (Wildman–Crippen LogP) is 6.01. The monoisotopic (exact) mass is 487 g/mol. The van der Waals surface area contributed by atoms with Crippen molar-refractivity contribution in [3.8, 4) is 28.5 Å². The van der Waals surface area contributed by atoms with Crippen molar-refractivity contribution < 1.29 is 14.6 Å². The first-order valence-electron chi connectivity index (χ1n) is 12.9. The van der Waals surface area contributed by atoms with E-state index in [1.807, 2.05) is 13.0 Å². The lowest BCUT2D eigenvalue weighted by atomic mass is 9.94. The number of nitrogens with zero attached hydrogens (tertiary/aromatic N) is 2. The maximum absolute atomic E-state index is 11.6. The number of carbonyl (C=O) groups excluding carboxylic acids is 1. The van der Waals surface area contributed by atoms with Crippen LogP contribution in [0.4, 0.5) is 0 Å². The molecule has 1 saturated heterocycles. The highest BCUT2D eigenvalue weighted by Crippen LogP contribution is 2.37. The highest BCUT2D eigenvalue weighted by molar-refractivity contribution is 5.95. The first-order valence-corrected chi connectivity index (χ1v) is 12.9.